The first-order valence-electron chi connectivity index (χ1n) is 6.37. The van der Waals surface area contributed by atoms with E-state index in [2.05, 4.69) is 15.3 Å². The highest BCUT2D eigenvalue weighted by Crippen LogP contribution is 2.30. The van der Waals surface area contributed by atoms with Crippen molar-refractivity contribution in [2.45, 2.75) is 27.7 Å². The highest BCUT2D eigenvalue weighted by Gasteiger charge is 2.15. The highest BCUT2D eigenvalue weighted by atomic mass is 19.1. The lowest BCUT2D eigenvalue weighted by molar-refractivity contribution is 0.628. The van der Waals surface area contributed by atoms with Crippen molar-refractivity contribution in [3.8, 4) is 11.3 Å². The van der Waals surface area contributed by atoms with Crippen LogP contribution < -0.4 is 5.32 Å². The lowest BCUT2D eigenvalue weighted by Crippen LogP contribution is -2.05. The molecule has 1 N–H and O–H groups in total. The molecule has 1 heterocycles. The molecule has 0 saturated heterocycles. The summed E-state index contributed by atoms with van der Waals surface area (Å²) in [5, 5.41) is 3.16. The van der Waals surface area contributed by atoms with Gasteiger partial charge < -0.3 is 5.32 Å². The molecule has 0 aliphatic rings. The maximum absolute atomic E-state index is 14.2. The first-order chi connectivity index (χ1) is 9.04. The van der Waals surface area contributed by atoms with Gasteiger partial charge in [0.15, 0.2) is 0 Å². The largest absolute Gasteiger partial charge is 0.370 e. The fourth-order valence-corrected chi connectivity index (χ4v) is 2.26. The van der Waals surface area contributed by atoms with Crippen molar-refractivity contribution >= 4 is 5.82 Å². The third kappa shape index (κ3) is 2.57. The van der Waals surface area contributed by atoms with Crippen LogP contribution in [0.25, 0.3) is 11.3 Å². The van der Waals surface area contributed by atoms with Gasteiger partial charge in [-0.15, -0.1) is 0 Å². The quantitative estimate of drug-likeness (QED) is 0.914. The zero-order valence-electron chi connectivity index (χ0n) is 11.7. The van der Waals surface area contributed by atoms with E-state index < -0.39 is 0 Å². The van der Waals surface area contributed by atoms with E-state index in [1.165, 1.54) is 12.4 Å². The van der Waals surface area contributed by atoms with Crippen LogP contribution >= 0.6 is 0 Å². The van der Waals surface area contributed by atoms with Crippen LogP contribution in [0.2, 0.25) is 0 Å². The molecule has 0 amide bonds. The second-order valence-corrected chi connectivity index (χ2v) is 4.66. The highest BCUT2D eigenvalue weighted by molar-refractivity contribution is 5.71. The second kappa shape index (κ2) is 5.34. The molecule has 0 unspecified atom stereocenters. The zero-order chi connectivity index (χ0) is 14.0. The molecule has 0 aliphatic heterocycles. The molecule has 0 saturated carbocycles. The van der Waals surface area contributed by atoms with Crippen molar-refractivity contribution in [1.82, 2.24) is 9.97 Å². The van der Waals surface area contributed by atoms with E-state index in [4.69, 9.17) is 0 Å². The molecule has 100 valence electrons. The number of aromatic nitrogens is 2. The molecule has 2 rings (SSSR count). The van der Waals surface area contributed by atoms with Crippen molar-refractivity contribution < 1.29 is 4.39 Å². The van der Waals surface area contributed by atoms with Crippen molar-refractivity contribution in [1.29, 1.82) is 0 Å². The maximum Gasteiger partial charge on any atom is 0.133 e. The van der Waals surface area contributed by atoms with Crippen LogP contribution in [0.1, 0.15) is 23.6 Å². The van der Waals surface area contributed by atoms with Gasteiger partial charge >= 0.3 is 0 Å². The van der Waals surface area contributed by atoms with E-state index in [0.29, 0.717) is 11.3 Å². The SMILES string of the molecule is CCNc1ncnc(-c2c(C)cc(C)cc2F)c1C. The normalized spacial score (nSPS) is 10.6. The van der Waals surface area contributed by atoms with Crippen molar-refractivity contribution in [2.75, 3.05) is 11.9 Å². The van der Waals surface area contributed by atoms with Gasteiger partial charge in [-0.2, -0.15) is 0 Å². The Balaban J connectivity index is 2.63. The predicted octanol–water partition coefficient (Wildman–Crippen LogP) is 3.64. The molecule has 0 bridgehead atoms. The van der Waals surface area contributed by atoms with Crippen molar-refractivity contribution in [3.63, 3.8) is 0 Å². The van der Waals surface area contributed by atoms with Gasteiger partial charge in [0.05, 0.1) is 5.69 Å². The number of halogens is 1. The average Bonchev–Trinajstić information content (AvgIpc) is 2.32. The summed E-state index contributed by atoms with van der Waals surface area (Å²) >= 11 is 0. The van der Waals surface area contributed by atoms with Gasteiger partial charge in [0.2, 0.25) is 0 Å². The monoisotopic (exact) mass is 259 g/mol. The van der Waals surface area contributed by atoms with E-state index in [1.807, 2.05) is 33.8 Å². The Labute approximate surface area is 112 Å². The summed E-state index contributed by atoms with van der Waals surface area (Å²) in [6.45, 7) is 8.47. The molecule has 0 radical (unpaired) electrons. The first-order valence-corrected chi connectivity index (χ1v) is 6.37. The standard InChI is InChI=1S/C15H18FN3/c1-5-17-15-11(4)14(18-8-19-15)13-10(3)6-9(2)7-12(13)16/h6-8H,5H2,1-4H3,(H,17,18,19). The van der Waals surface area contributed by atoms with Crippen molar-refractivity contribution in [3.05, 3.63) is 41.0 Å². The minimum atomic E-state index is -0.234. The van der Waals surface area contributed by atoms with E-state index in [-0.39, 0.29) is 5.82 Å². The van der Waals surface area contributed by atoms with Crippen LogP contribution in [0.4, 0.5) is 10.2 Å². The average molecular weight is 259 g/mol. The number of anilines is 1. The molecule has 0 aliphatic carbocycles. The summed E-state index contributed by atoms with van der Waals surface area (Å²) in [6, 6.07) is 3.50. The Kier molecular flexibility index (Phi) is 3.79. The van der Waals surface area contributed by atoms with Crippen LogP contribution in [0.15, 0.2) is 18.5 Å². The maximum atomic E-state index is 14.2. The molecular formula is C15H18FN3. The summed E-state index contributed by atoms with van der Waals surface area (Å²) in [4.78, 5) is 8.44. The van der Waals surface area contributed by atoms with E-state index in [9.17, 15) is 4.39 Å². The van der Waals surface area contributed by atoms with E-state index in [1.54, 1.807) is 0 Å². The number of benzene rings is 1. The van der Waals surface area contributed by atoms with E-state index >= 15 is 0 Å². The molecule has 1 aromatic heterocycles. The third-order valence-electron chi connectivity index (χ3n) is 3.10. The molecule has 0 atom stereocenters. The van der Waals surface area contributed by atoms with Crippen LogP contribution in [-0.2, 0) is 0 Å². The van der Waals surface area contributed by atoms with Gasteiger partial charge in [-0.25, -0.2) is 14.4 Å². The van der Waals surface area contributed by atoms with E-state index in [0.717, 1.165) is 29.1 Å². The predicted molar refractivity (Wildman–Crippen MR) is 75.8 cm³/mol. The smallest absolute Gasteiger partial charge is 0.133 e. The van der Waals surface area contributed by atoms with Gasteiger partial charge in [-0.1, -0.05) is 6.07 Å². The molecule has 3 nitrogen and oxygen atoms in total. The summed E-state index contributed by atoms with van der Waals surface area (Å²) < 4.78 is 14.2. The van der Waals surface area contributed by atoms with Crippen LogP contribution in [-0.4, -0.2) is 16.5 Å². The molecule has 19 heavy (non-hydrogen) atoms. The Morgan fingerprint density at radius 1 is 1.16 bits per heavy atom. The molecule has 1 aromatic carbocycles. The van der Waals surface area contributed by atoms with Crippen LogP contribution in [0.3, 0.4) is 0 Å². The van der Waals surface area contributed by atoms with Crippen LogP contribution in [0.5, 0.6) is 0 Å². The summed E-state index contributed by atoms with van der Waals surface area (Å²) in [7, 11) is 0. The van der Waals surface area contributed by atoms with Gasteiger partial charge in [-0.05, 0) is 44.9 Å². The summed E-state index contributed by atoms with van der Waals surface area (Å²) in [5.41, 5.74) is 3.89. The Morgan fingerprint density at radius 3 is 2.53 bits per heavy atom. The fraction of sp³-hybridized carbons (Fsp3) is 0.333. The third-order valence-corrected chi connectivity index (χ3v) is 3.10. The zero-order valence-corrected chi connectivity index (χ0v) is 11.7. The van der Waals surface area contributed by atoms with Gasteiger partial charge in [0.1, 0.15) is 18.0 Å². The van der Waals surface area contributed by atoms with Crippen molar-refractivity contribution in [2.24, 2.45) is 0 Å². The van der Waals surface area contributed by atoms with Gasteiger partial charge in [0, 0.05) is 17.7 Å². The number of aryl methyl sites for hydroxylation is 2. The lowest BCUT2D eigenvalue weighted by atomic mass is 9.99. The Hall–Kier alpha value is -1.97. The minimum Gasteiger partial charge on any atom is -0.370 e. The number of hydrogen-bond donors (Lipinski definition) is 1. The molecule has 0 fully saturated rings. The minimum absolute atomic E-state index is 0.234. The van der Waals surface area contributed by atoms with Gasteiger partial charge in [0.25, 0.3) is 0 Å². The van der Waals surface area contributed by atoms with Gasteiger partial charge in [-0.3, -0.25) is 0 Å². The number of hydrogen-bond acceptors (Lipinski definition) is 3. The summed E-state index contributed by atoms with van der Waals surface area (Å²) in [6.07, 6.45) is 1.47. The number of rotatable bonds is 3. The molecule has 0 spiro atoms. The lowest BCUT2D eigenvalue weighted by Gasteiger charge is -2.13. The number of nitrogens with one attached hydrogen (secondary N) is 1. The molecule has 4 heteroatoms. The number of nitrogens with zero attached hydrogens (tertiary/aromatic N) is 2. The fourth-order valence-electron chi connectivity index (χ4n) is 2.26. The Morgan fingerprint density at radius 2 is 1.89 bits per heavy atom. The molecule has 2 aromatic rings. The first kappa shape index (κ1) is 13.5. The second-order valence-electron chi connectivity index (χ2n) is 4.66. The topological polar surface area (TPSA) is 37.8 Å². The summed E-state index contributed by atoms with van der Waals surface area (Å²) in [5.74, 6) is 0.522. The van der Waals surface area contributed by atoms with Crippen LogP contribution in [0, 0.1) is 26.6 Å². The molecular weight excluding hydrogens is 241 g/mol. The Bertz CT molecular complexity index is 585.